The van der Waals surface area contributed by atoms with Crippen LogP contribution in [0.15, 0.2) is 34.8 Å². The van der Waals surface area contributed by atoms with Crippen molar-refractivity contribution >= 4 is 23.2 Å². The molecule has 0 atom stereocenters. The molecule has 24 heavy (non-hydrogen) atoms. The Balaban J connectivity index is 1.81. The van der Waals surface area contributed by atoms with Crippen molar-refractivity contribution in [2.45, 2.75) is 19.9 Å². The number of carbonyl (C=O) groups excluding carboxylic acids is 1. The first kappa shape index (κ1) is 17.9. The summed E-state index contributed by atoms with van der Waals surface area (Å²) in [4.78, 5) is 21.3. The largest absolute Gasteiger partial charge is 0.356 e. The summed E-state index contributed by atoms with van der Waals surface area (Å²) in [5.74, 6) is 0.687. The zero-order valence-electron chi connectivity index (χ0n) is 14.2. The molecule has 6 nitrogen and oxygen atoms in total. The van der Waals surface area contributed by atoms with Gasteiger partial charge in [0.1, 0.15) is 0 Å². The van der Waals surface area contributed by atoms with Crippen molar-refractivity contribution in [3.8, 4) is 0 Å². The smallest absolute Gasteiger partial charge is 0.251 e. The van der Waals surface area contributed by atoms with E-state index in [9.17, 15) is 4.79 Å². The highest BCUT2D eigenvalue weighted by molar-refractivity contribution is 7.09. The van der Waals surface area contributed by atoms with Crippen LogP contribution in [0, 0.1) is 6.92 Å². The summed E-state index contributed by atoms with van der Waals surface area (Å²) in [5.41, 5.74) is 4.69. The molecule has 1 aromatic carbocycles. The maximum Gasteiger partial charge on any atom is 0.251 e. The number of hydrogen-bond donors (Lipinski definition) is 3. The van der Waals surface area contributed by atoms with Gasteiger partial charge in [0.2, 0.25) is 0 Å². The van der Waals surface area contributed by atoms with E-state index in [1.807, 2.05) is 36.7 Å². The number of aryl methyl sites for hydroxylation is 1. The van der Waals surface area contributed by atoms with Crippen LogP contribution in [0.25, 0.3) is 0 Å². The number of hydrogen-bond acceptors (Lipinski definition) is 4. The maximum atomic E-state index is 11.7. The third-order valence-corrected chi connectivity index (χ3v) is 4.54. The third-order valence-electron chi connectivity index (χ3n) is 3.61. The molecule has 0 radical (unpaired) electrons. The van der Waals surface area contributed by atoms with Gasteiger partial charge in [-0.15, -0.1) is 11.3 Å². The van der Waals surface area contributed by atoms with Gasteiger partial charge in [-0.25, -0.2) is 4.98 Å². The zero-order chi connectivity index (χ0) is 17.4. The van der Waals surface area contributed by atoms with Crippen LogP contribution in [0.3, 0.4) is 0 Å². The molecule has 2 rings (SSSR count). The molecule has 0 saturated carbocycles. The summed E-state index contributed by atoms with van der Waals surface area (Å²) >= 11 is 1.63. The molecule has 0 aliphatic carbocycles. The summed E-state index contributed by atoms with van der Waals surface area (Å²) in [7, 11) is 3.39. The van der Waals surface area contributed by atoms with E-state index >= 15 is 0 Å². The average Bonchev–Trinajstić information content (AvgIpc) is 3.02. The van der Waals surface area contributed by atoms with Gasteiger partial charge in [-0.3, -0.25) is 9.79 Å². The predicted octanol–water partition coefficient (Wildman–Crippen LogP) is 1.72. The number of aromatic nitrogens is 1. The molecule has 0 bridgehead atoms. The first-order valence-electron chi connectivity index (χ1n) is 7.78. The highest BCUT2D eigenvalue weighted by atomic mass is 32.1. The Hall–Kier alpha value is -2.41. The lowest BCUT2D eigenvalue weighted by atomic mass is 10.1. The SMILES string of the molecule is CN=C(NCCc1cccc(C(=O)NC)c1)NCc1scnc1C. The molecule has 1 heterocycles. The van der Waals surface area contributed by atoms with Crippen LogP contribution in [-0.4, -0.2) is 37.5 Å². The van der Waals surface area contributed by atoms with Crippen LogP contribution in [0.1, 0.15) is 26.5 Å². The van der Waals surface area contributed by atoms with Crippen LogP contribution in [0.2, 0.25) is 0 Å². The number of nitrogens with one attached hydrogen (secondary N) is 3. The Morgan fingerprint density at radius 3 is 2.83 bits per heavy atom. The lowest BCUT2D eigenvalue weighted by Crippen LogP contribution is -2.37. The van der Waals surface area contributed by atoms with Gasteiger partial charge in [-0.1, -0.05) is 12.1 Å². The number of carbonyl (C=O) groups is 1. The maximum absolute atomic E-state index is 11.7. The molecule has 0 spiro atoms. The minimum atomic E-state index is -0.0674. The van der Waals surface area contributed by atoms with Crippen LogP contribution in [0.5, 0.6) is 0 Å². The quantitative estimate of drug-likeness (QED) is 0.550. The molecule has 1 amide bonds. The number of guanidine groups is 1. The lowest BCUT2D eigenvalue weighted by molar-refractivity contribution is 0.0963. The molecule has 1 aromatic heterocycles. The molecule has 7 heteroatoms. The monoisotopic (exact) mass is 345 g/mol. The molecule has 0 unspecified atom stereocenters. The standard InChI is InChI=1S/C17H23N5OS/c1-12-15(24-11-22-12)10-21-17(19-3)20-8-7-13-5-4-6-14(9-13)16(23)18-2/h4-6,9,11H,7-8,10H2,1-3H3,(H,18,23)(H2,19,20,21). The first-order chi connectivity index (χ1) is 11.6. The van der Waals surface area contributed by atoms with E-state index in [1.165, 1.54) is 4.88 Å². The van der Waals surface area contributed by atoms with E-state index in [2.05, 4.69) is 25.9 Å². The van der Waals surface area contributed by atoms with Crippen LogP contribution in [0.4, 0.5) is 0 Å². The fraction of sp³-hybridized carbons (Fsp3) is 0.353. The molecular formula is C17H23N5OS. The number of amides is 1. The van der Waals surface area contributed by atoms with Crippen molar-refractivity contribution in [3.05, 3.63) is 51.5 Å². The Kier molecular flexibility index (Phi) is 6.74. The number of aliphatic imine (C=N–C) groups is 1. The van der Waals surface area contributed by atoms with E-state index in [4.69, 9.17) is 0 Å². The summed E-state index contributed by atoms with van der Waals surface area (Å²) in [6, 6.07) is 7.65. The van der Waals surface area contributed by atoms with Crippen molar-refractivity contribution in [1.29, 1.82) is 0 Å². The number of rotatable bonds is 6. The van der Waals surface area contributed by atoms with E-state index in [0.29, 0.717) is 12.1 Å². The van der Waals surface area contributed by atoms with Gasteiger partial charge in [-0.2, -0.15) is 0 Å². The van der Waals surface area contributed by atoms with Gasteiger partial charge in [0.25, 0.3) is 5.91 Å². The molecule has 0 fully saturated rings. The van der Waals surface area contributed by atoms with E-state index in [-0.39, 0.29) is 5.91 Å². The molecule has 0 aliphatic heterocycles. The van der Waals surface area contributed by atoms with Crippen molar-refractivity contribution in [1.82, 2.24) is 20.9 Å². The van der Waals surface area contributed by atoms with Crippen molar-refractivity contribution in [3.63, 3.8) is 0 Å². The van der Waals surface area contributed by atoms with Crippen LogP contribution < -0.4 is 16.0 Å². The van der Waals surface area contributed by atoms with Crippen molar-refractivity contribution < 1.29 is 4.79 Å². The van der Waals surface area contributed by atoms with Crippen molar-refractivity contribution in [2.24, 2.45) is 4.99 Å². The van der Waals surface area contributed by atoms with Crippen LogP contribution in [-0.2, 0) is 13.0 Å². The molecular weight excluding hydrogens is 322 g/mol. The van der Waals surface area contributed by atoms with E-state index < -0.39 is 0 Å². The van der Waals surface area contributed by atoms with Gasteiger partial charge >= 0.3 is 0 Å². The Bertz CT molecular complexity index is 711. The fourth-order valence-electron chi connectivity index (χ4n) is 2.22. The van der Waals surface area contributed by atoms with Crippen molar-refractivity contribution in [2.75, 3.05) is 20.6 Å². The number of thiazole rings is 1. The molecule has 128 valence electrons. The predicted molar refractivity (Wildman–Crippen MR) is 98.6 cm³/mol. The minimum Gasteiger partial charge on any atom is -0.356 e. The van der Waals surface area contributed by atoms with E-state index in [0.717, 1.165) is 30.2 Å². The second kappa shape index (κ2) is 9.02. The Labute approximate surface area is 146 Å². The number of nitrogens with zero attached hydrogens (tertiary/aromatic N) is 2. The number of benzene rings is 1. The Morgan fingerprint density at radius 1 is 1.33 bits per heavy atom. The zero-order valence-corrected chi connectivity index (χ0v) is 15.0. The summed E-state index contributed by atoms with van der Waals surface area (Å²) in [6.07, 6.45) is 0.811. The molecule has 2 aromatic rings. The second-order valence-corrected chi connectivity index (χ2v) is 6.18. The van der Waals surface area contributed by atoms with Gasteiger partial charge in [0.05, 0.1) is 17.7 Å². The Morgan fingerprint density at radius 2 is 2.17 bits per heavy atom. The van der Waals surface area contributed by atoms with Gasteiger partial charge < -0.3 is 16.0 Å². The summed E-state index contributed by atoms with van der Waals surface area (Å²) in [6.45, 7) is 3.45. The lowest BCUT2D eigenvalue weighted by Gasteiger charge is -2.11. The molecule has 0 saturated heterocycles. The average molecular weight is 345 g/mol. The van der Waals surface area contributed by atoms with Crippen LogP contribution >= 0.6 is 11.3 Å². The minimum absolute atomic E-state index is 0.0674. The normalized spacial score (nSPS) is 11.2. The second-order valence-electron chi connectivity index (χ2n) is 5.24. The topological polar surface area (TPSA) is 78.4 Å². The summed E-state index contributed by atoms with van der Waals surface area (Å²) < 4.78 is 0. The first-order valence-corrected chi connectivity index (χ1v) is 8.66. The van der Waals surface area contributed by atoms with E-state index in [1.54, 1.807) is 25.4 Å². The highest BCUT2D eigenvalue weighted by Crippen LogP contribution is 2.11. The van der Waals surface area contributed by atoms with Gasteiger partial charge in [-0.05, 0) is 31.0 Å². The summed E-state index contributed by atoms with van der Waals surface area (Å²) in [5, 5.41) is 9.21. The molecule has 0 aliphatic rings. The third kappa shape index (κ3) is 5.06. The molecule has 3 N–H and O–H groups in total. The van der Waals surface area contributed by atoms with Gasteiger partial charge in [0, 0.05) is 31.1 Å². The fourth-order valence-corrected chi connectivity index (χ4v) is 2.93. The van der Waals surface area contributed by atoms with Gasteiger partial charge in [0.15, 0.2) is 5.96 Å². The highest BCUT2D eigenvalue weighted by Gasteiger charge is 2.05.